The van der Waals surface area contributed by atoms with Gasteiger partial charge in [0.2, 0.25) is 5.91 Å². The molecule has 2 atom stereocenters. The molecular formula is C19H23FN2O2. The standard InChI is InChI=1S/C19H23FN2O2/c20-16-5-1-3-14(11-16)19(24)22-9-2-4-15-12-21(10-8-17(15)22)18(23)13-6-7-13/h1,3,5,11,13,15,17H,2,4,6-10,12H2/t15-,17+/m1/s1. The zero-order valence-electron chi connectivity index (χ0n) is 13.8. The van der Waals surface area contributed by atoms with Crippen LogP contribution < -0.4 is 0 Å². The topological polar surface area (TPSA) is 40.6 Å². The summed E-state index contributed by atoms with van der Waals surface area (Å²) in [4.78, 5) is 29.1. The zero-order chi connectivity index (χ0) is 16.7. The first kappa shape index (κ1) is 15.6. The number of fused-ring (bicyclic) bond motifs is 1. The van der Waals surface area contributed by atoms with Crippen LogP contribution in [0.25, 0.3) is 0 Å². The Hall–Kier alpha value is -1.91. The Balaban J connectivity index is 1.48. The third kappa shape index (κ3) is 2.92. The van der Waals surface area contributed by atoms with E-state index >= 15 is 0 Å². The van der Waals surface area contributed by atoms with Crippen molar-refractivity contribution in [2.45, 2.75) is 38.1 Å². The lowest BCUT2D eigenvalue weighted by molar-refractivity contribution is -0.135. The number of rotatable bonds is 2. The Kier molecular flexibility index (Phi) is 4.02. The SMILES string of the molecule is O=C(C1CC1)N1CC[C@H]2[C@H](CCCN2C(=O)c2cccc(F)c2)C1. The number of benzene rings is 1. The normalized spacial score (nSPS) is 26.9. The van der Waals surface area contributed by atoms with E-state index in [1.54, 1.807) is 12.1 Å². The van der Waals surface area contributed by atoms with Crippen LogP contribution in [0.1, 0.15) is 42.5 Å². The molecule has 4 nitrogen and oxygen atoms in total. The van der Waals surface area contributed by atoms with Gasteiger partial charge in [-0.1, -0.05) is 6.07 Å². The molecule has 0 radical (unpaired) electrons. The molecule has 1 saturated carbocycles. The van der Waals surface area contributed by atoms with Crippen LogP contribution in [-0.2, 0) is 4.79 Å². The van der Waals surface area contributed by atoms with E-state index in [4.69, 9.17) is 0 Å². The fraction of sp³-hybridized carbons (Fsp3) is 0.579. The molecule has 1 aliphatic carbocycles. The lowest BCUT2D eigenvalue weighted by atomic mass is 9.83. The van der Waals surface area contributed by atoms with Gasteiger partial charge in [-0.25, -0.2) is 4.39 Å². The maximum absolute atomic E-state index is 13.4. The quantitative estimate of drug-likeness (QED) is 0.836. The predicted octanol–water partition coefficient (Wildman–Crippen LogP) is 2.69. The monoisotopic (exact) mass is 330 g/mol. The van der Waals surface area contributed by atoms with Gasteiger partial charge in [0, 0.05) is 37.2 Å². The number of carbonyl (C=O) groups is 2. The summed E-state index contributed by atoms with van der Waals surface area (Å²) in [7, 11) is 0. The van der Waals surface area contributed by atoms with E-state index in [0.29, 0.717) is 17.4 Å². The van der Waals surface area contributed by atoms with Crippen molar-refractivity contribution in [1.29, 1.82) is 0 Å². The minimum absolute atomic E-state index is 0.0776. The summed E-state index contributed by atoms with van der Waals surface area (Å²) in [5.41, 5.74) is 0.423. The Morgan fingerprint density at radius 3 is 2.67 bits per heavy atom. The van der Waals surface area contributed by atoms with Gasteiger partial charge < -0.3 is 9.80 Å². The molecule has 0 bridgehead atoms. The average molecular weight is 330 g/mol. The molecule has 2 aliphatic heterocycles. The van der Waals surface area contributed by atoms with Crippen LogP contribution in [0, 0.1) is 17.7 Å². The third-order valence-corrected chi connectivity index (χ3v) is 5.64. The molecular weight excluding hydrogens is 307 g/mol. The second kappa shape index (κ2) is 6.19. The Morgan fingerprint density at radius 1 is 1.08 bits per heavy atom. The van der Waals surface area contributed by atoms with Gasteiger partial charge in [-0.15, -0.1) is 0 Å². The number of likely N-dealkylation sites (tertiary alicyclic amines) is 2. The average Bonchev–Trinajstić information content (AvgIpc) is 3.44. The van der Waals surface area contributed by atoms with Gasteiger partial charge in [-0.2, -0.15) is 0 Å². The van der Waals surface area contributed by atoms with Crippen molar-refractivity contribution in [3.63, 3.8) is 0 Å². The molecule has 2 heterocycles. The Labute approximate surface area is 141 Å². The minimum Gasteiger partial charge on any atom is -0.342 e. The van der Waals surface area contributed by atoms with E-state index in [1.807, 2.05) is 9.80 Å². The highest BCUT2D eigenvalue weighted by Crippen LogP contribution is 2.36. The highest BCUT2D eigenvalue weighted by molar-refractivity contribution is 5.94. The molecule has 4 rings (SSSR count). The first-order valence-corrected chi connectivity index (χ1v) is 8.99. The Morgan fingerprint density at radius 2 is 1.92 bits per heavy atom. The first-order chi connectivity index (χ1) is 11.6. The van der Waals surface area contributed by atoms with E-state index in [-0.39, 0.29) is 23.7 Å². The van der Waals surface area contributed by atoms with Crippen molar-refractivity contribution in [1.82, 2.24) is 9.80 Å². The zero-order valence-corrected chi connectivity index (χ0v) is 13.8. The molecule has 2 amide bonds. The predicted molar refractivity (Wildman–Crippen MR) is 87.9 cm³/mol. The van der Waals surface area contributed by atoms with E-state index < -0.39 is 0 Å². The van der Waals surface area contributed by atoms with Gasteiger partial charge in [0.1, 0.15) is 5.82 Å². The maximum atomic E-state index is 13.4. The molecule has 1 aromatic carbocycles. The fourth-order valence-corrected chi connectivity index (χ4v) is 4.23. The lowest BCUT2D eigenvalue weighted by Crippen LogP contribution is -2.56. The summed E-state index contributed by atoms with van der Waals surface area (Å²) in [6.45, 7) is 2.24. The van der Waals surface area contributed by atoms with Gasteiger partial charge in [-0.05, 0) is 56.2 Å². The molecule has 0 spiro atoms. The van der Waals surface area contributed by atoms with Crippen molar-refractivity contribution >= 4 is 11.8 Å². The summed E-state index contributed by atoms with van der Waals surface area (Å²) >= 11 is 0. The Bertz CT molecular complexity index is 659. The summed E-state index contributed by atoms with van der Waals surface area (Å²) in [5.74, 6) is 0.468. The third-order valence-electron chi connectivity index (χ3n) is 5.64. The van der Waals surface area contributed by atoms with E-state index in [2.05, 4.69) is 0 Å². The molecule has 0 N–H and O–H groups in total. The lowest BCUT2D eigenvalue weighted by Gasteiger charge is -2.47. The molecule has 2 saturated heterocycles. The number of hydrogen-bond acceptors (Lipinski definition) is 2. The van der Waals surface area contributed by atoms with Crippen molar-refractivity contribution < 1.29 is 14.0 Å². The molecule has 0 aromatic heterocycles. The fourth-order valence-electron chi connectivity index (χ4n) is 4.23. The summed E-state index contributed by atoms with van der Waals surface area (Å²) < 4.78 is 13.4. The van der Waals surface area contributed by atoms with Crippen molar-refractivity contribution in [3.8, 4) is 0 Å². The smallest absolute Gasteiger partial charge is 0.254 e. The number of piperidine rings is 2. The molecule has 1 aromatic rings. The number of carbonyl (C=O) groups excluding carboxylic acids is 2. The second-order valence-corrected chi connectivity index (χ2v) is 7.33. The molecule has 5 heteroatoms. The molecule has 24 heavy (non-hydrogen) atoms. The summed E-state index contributed by atoms with van der Waals surface area (Å²) in [6.07, 6.45) is 4.92. The van der Waals surface area contributed by atoms with Gasteiger partial charge in [-0.3, -0.25) is 9.59 Å². The van der Waals surface area contributed by atoms with E-state index in [1.165, 1.54) is 12.1 Å². The first-order valence-electron chi connectivity index (χ1n) is 8.99. The second-order valence-electron chi connectivity index (χ2n) is 7.33. The number of halogens is 1. The minimum atomic E-state index is -0.376. The van der Waals surface area contributed by atoms with Crippen LogP contribution in [0.2, 0.25) is 0 Å². The van der Waals surface area contributed by atoms with Gasteiger partial charge in [0.15, 0.2) is 0 Å². The van der Waals surface area contributed by atoms with Crippen molar-refractivity contribution in [2.75, 3.05) is 19.6 Å². The van der Waals surface area contributed by atoms with Gasteiger partial charge in [0.05, 0.1) is 0 Å². The van der Waals surface area contributed by atoms with Crippen molar-refractivity contribution in [2.24, 2.45) is 11.8 Å². The van der Waals surface area contributed by atoms with Crippen LogP contribution in [0.5, 0.6) is 0 Å². The number of amides is 2. The number of nitrogens with zero attached hydrogens (tertiary/aromatic N) is 2. The van der Waals surface area contributed by atoms with Crippen LogP contribution >= 0.6 is 0 Å². The van der Waals surface area contributed by atoms with Crippen LogP contribution in [0.4, 0.5) is 4.39 Å². The van der Waals surface area contributed by atoms with Gasteiger partial charge in [0.25, 0.3) is 5.91 Å². The highest BCUT2D eigenvalue weighted by atomic mass is 19.1. The maximum Gasteiger partial charge on any atom is 0.254 e. The van der Waals surface area contributed by atoms with Gasteiger partial charge >= 0.3 is 0 Å². The molecule has 3 fully saturated rings. The molecule has 3 aliphatic rings. The van der Waals surface area contributed by atoms with E-state index in [9.17, 15) is 14.0 Å². The largest absolute Gasteiger partial charge is 0.342 e. The van der Waals surface area contributed by atoms with Crippen LogP contribution in [0.15, 0.2) is 24.3 Å². The molecule has 128 valence electrons. The van der Waals surface area contributed by atoms with E-state index in [0.717, 1.165) is 51.7 Å². The van der Waals surface area contributed by atoms with Crippen LogP contribution in [0.3, 0.4) is 0 Å². The number of hydrogen-bond donors (Lipinski definition) is 0. The van der Waals surface area contributed by atoms with Crippen LogP contribution in [-0.4, -0.2) is 47.3 Å². The van der Waals surface area contributed by atoms with Crippen molar-refractivity contribution in [3.05, 3.63) is 35.6 Å². The summed E-state index contributed by atoms with van der Waals surface area (Å²) in [5, 5.41) is 0. The summed E-state index contributed by atoms with van der Waals surface area (Å²) in [6, 6.07) is 6.12. The molecule has 0 unspecified atom stereocenters. The highest BCUT2D eigenvalue weighted by Gasteiger charge is 2.42.